The molecule has 0 bridgehead atoms. The van der Waals surface area contributed by atoms with E-state index in [-0.39, 0.29) is 0 Å². The van der Waals surface area contributed by atoms with E-state index in [2.05, 4.69) is 24.9 Å². The Labute approximate surface area is 98.0 Å². The second kappa shape index (κ2) is 5.33. The summed E-state index contributed by atoms with van der Waals surface area (Å²) in [5.74, 6) is 1.47. The summed E-state index contributed by atoms with van der Waals surface area (Å²) < 4.78 is 5.82. The van der Waals surface area contributed by atoms with Crippen LogP contribution in [0.3, 0.4) is 0 Å². The van der Waals surface area contributed by atoms with Gasteiger partial charge < -0.3 is 4.74 Å². The SMILES string of the molecule is CC(C)Cc1ccc(OC2CCCC2)nc1. The van der Waals surface area contributed by atoms with Crippen molar-refractivity contribution < 1.29 is 4.74 Å². The van der Waals surface area contributed by atoms with Crippen molar-refractivity contribution in [3.8, 4) is 5.88 Å². The van der Waals surface area contributed by atoms with Crippen molar-refractivity contribution in [3.05, 3.63) is 23.9 Å². The van der Waals surface area contributed by atoms with Gasteiger partial charge in [0.25, 0.3) is 0 Å². The number of nitrogens with zero attached hydrogens (tertiary/aromatic N) is 1. The average Bonchev–Trinajstić information content (AvgIpc) is 2.73. The molecule has 2 heteroatoms. The molecule has 88 valence electrons. The Morgan fingerprint density at radius 3 is 2.62 bits per heavy atom. The van der Waals surface area contributed by atoms with Crippen LogP contribution in [0.5, 0.6) is 5.88 Å². The van der Waals surface area contributed by atoms with Gasteiger partial charge in [0.1, 0.15) is 6.10 Å². The monoisotopic (exact) mass is 219 g/mol. The van der Waals surface area contributed by atoms with E-state index in [0.717, 1.165) is 12.3 Å². The van der Waals surface area contributed by atoms with E-state index in [9.17, 15) is 0 Å². The first kappa shape index (κ1) is 11.4. The van der Waals surface area contributed by atoms with E-state index in [1.807, 2.05) is 12.3 Å². The van der Waals surface area contributed by atoms with E-state index in [1.165, 1.54) is 31.2 Å². The molecule has 1 aromatic heterocycles. The summed E-state index contributed by atoms with van der Waals surface area (Å²) >= 11 is 0. The zero-order valence-electron chi connectivity index (χ0n) is 10.3. The van der Waals surface area contributed by atoms with Crippen LogP contribution in [0.25, 0.3) is 0 Å². The zero-order valence-corrected chi connectivity index (χ0v) is 10.3. The molecule has 1 aliphatic rings. The fourth-order valence-electron chi connectivity index (χ4n) is 2.25. The number of aromatic nitrogens is 1. The molecule has 0 saturated heterocycles. The molecule has 2 rings (SSSR count). The van der Waals surface area contributed by atoms with Gasteiger partial charge in [-0.15, -0.1) is 0 Å². The summed E-state index contributed by atoms with van der Waals surface area (Å²) in [5.41, 5.74) is 1.30. The van der Waals surface area contributed by atoms with Gasteiger partial charge in [0.05, 0.1) is 0 Å². The molecule has 1 aliphatic carbocycles. The highest BCUT2D eigenvalue weighted by Gasteiger charge is 2.16. The van der Waals surface area contributed by atoms with Crippen LogP contribution in [0.4, 0.5) is 0 Å². The first-order valence-electron chi connectivity index (χ1n) is 6.35. The third kappa shape index (κ3) is 3.22. The molecule has 0 aromatic carbocycles. The van der Waals surface area contributed by atoms with Gasteiger partial charge in [-0.2, -0.15) is 0 Å². The predicted octanol–water partition coefficient (Wildman–Crippen LogP) is 3.60. The molecule has 0 amide bonds. The molecule has 16 heavy (non-hydrogen) atoms. The quantitative estimate of drug-likeness (QED) is 0.772. The van der Waals surface area contributed by atoms with Crippen molar-refractivity contribution in [1.82, 2.24) is 4.98 Å². The maximum atomic E-state index is 5.82. The van der Waals surface area contributed by atoms with Crippen LogP contribution in [0.15, 0.2) is 18.3 Å². The van der Waals surface area contributed by atoms with Gasteiger partial charge >= 0.3 is 0 Å². The first-order valence-corrected chi connectivity index (χ1v) is 6.35. The minimum absolute atomic E-state index is 0.406. The first-order chi connectivity index (χ1) is 7.74. The van der Waals surface area contributed by atoms with Crippen molar-refractivity contribution in [2.75, 3.05) is 0 Å². The fourth-order valence-corrected chi connectivity index (χ4v) is 2.25. The summed E-state index contributed by atoms with van der Waals surface area (Å²) in [6.45, 7) is 4.45. The second-order valence-corrected chi connectivity index (χ2v) is 5.13. The molecule has 0 unspecified atom stereocenters. The lowest BCUT2D eigenvalue weighted by Gasteiger charge is -2.12. The standard InChI is InChI=1S/C14H21NO/c1-11(2)9-12-7-8-14(15-10-12)16-13-5-3-4-6-13/h7-8,10-11,13H,3-6,9H2,1-2H3. The van der Waals surface area contributed by atoms with Crippen LogP contribution in [-0.4, -0.2) is 11.1 Å². The highest BCUT2D eigenvalue weighted by Crippen LogP contribution is 2.23. The van der Waals surface area contributed by atoms with Gasteiger partial charge in [-0.05, 0) is 43.6 Å². The number of hydrogen-bond donors (Lipinski definition) is 0. The molecular weight excluding hydrogens is 198 g/mol. The third-order valence-electron chi connectivity index (χ3n) is 3.03. The molecule has 0 aliphatic heterocycles. The highest BCUT2D eigenvalue weighted by atomic mass is 16.5. The van der Waals surface area contributed by atoms with Crippen LogP contribution in [0.2, 0.25) is 0 Å². The Kier molecular flexibility index (Phi) is 3.81. The van der Waals surface area contributed by atoms with Crippen LogP contribution in [0.1, 0.15) is 45.1 Å². The van der Waals surface area contributed by atoms with Gasteiger partial charge in [-0.3, -0.25) is 0 Å². The van der Waals surface area contributed by atoms with Gasteiger partial charge in [0, 0.05) is 12.3 Å². The summed E-state index contributed by atoms with van der Waals surface area (Å²) in [6.07, 6.45) is 8.43. The molecule has 0 spiro atoms. The van der Waals surface area contributed by atoms with Crippen molar-refractivity contribution in [1.29, 1.82) is 0 Å². The number of hydrogen-bond acceptors (Lipinski definition) is 2. The molecule has 1 aromatic rings. The van der Waals surface area contributed by atoms with E-state index < -0.39 is 0 Å². The van der Waals surface area contributed by atoms with Crippen molar-refractivity contribution >= 4 is 0 Å². The lowest BCUT2D eigenvalue weighted by atomic mass is 10.1. The topological polar surface area (TPSA) is 22.1 Å². The van der Waals surface area contributed by atoms with Crippen molar-refractivity contribution in [2.24, 2.45) is 5.92 Å². The van der Waals surface area contributed by atoms with Gasteiger partial charge in [0.2, 0.25) is 5.88 Å². The van der Waals surface area contributed by atoms with Crippen LogP contribution in [-0.2, 0) is 6.42 Å². The van der Waals surface area contributed by atoms with Crippen LogP contribution < -0.4 is 4.74 Å². The van der Waals surface area contributed by atoms with Gasteiger partial charge in [-0.1, -0.05) is 19.9 Å². The fraction of sp³-hybridized carbons (Fsp3) is 0.643. The minimum Gasteiger partial charge on any atom is -0.474 e. The predicted molar refractivity (Wildman–Crippen MR) is 65.7 cm³/mol. The van der Waals surface area contributed by atoms with E-state index in [0.29, 0.717) is 12.0 Å². The average molecular weight is 219 g/mol. The minimum atomic E-state index is 0.406. The molecule has 0 radical (unpaired) electrons. The molecule has 0 atom stereocenters. The largest absolute Gasteiger partial charge is 0.474 e. The summed E-state index contributed by atoms with van der Waals surface area (Å²) in [5, 5.41) is 0. The van der Waals surface area contributed by atoms with E-state index in [4.69, 9.17) is 4.74 Å². The molecule has 1 heterocycles. The number of ether oxygens (including phenoxy) is 1. The van der Waals surface area contributed by atoms with E-state index >= 15 is 0 Å². The Morgan fingerprint density at radius 2 is 2.06 bits per heavy atom. The molecule has 0 N–H and O–H groups in total. The van der Waals surface area contributed by atoms with Crippen LogP contribution >= 0.6 is 0 Å². The van der Waals surface area contributed by atoms with Gasteiger partial charge in [-0.25, -0.2) is 4.98 Å². The molecule has 2 nitrogen and oxygen atoms in total. The maximum absolute atomic E-state index is 5.82. The lowest BCUT2D eigenvalue weighted by molar-refractivity contribution is 0.201. The number of rotatable bonds is 4. The Hall–Kier alpha value is -1.05. The lowest BCUT2D eigenvalue weighted by Crippen LogP contribution is -2.11. The normalized spacial score (nSPS) is 16.9. The second-order valence-electron chi connectivity index (χ2n) is 5.13. The molecule has 1 saturated carbocycles. The number of pyridine rings is 1. The summed E-state index contributed by atoms with van der Waals surface area (Å²) in [6, 6.07) is 4.15. The maximum Gasteiger partial charge on any atom is 0.213 e. The molecule has 1 fully saturated rings. The summed E-state index contributed by atoms with van der Waals surface area (Å²) in [4.78, 5) is 4.37. The zero-order chi connectivity index (χ0) is 11.4. The smallest absolute Gasteiger partial charge is 0.213 e. The van der Waals surface area contributed by atoms with Gasteiger partial charge in [0.15, 0.2) is 0 Å². The highest BCUT2D eigenvalue weighted by molar-refractivity contribution is 5.18. The molecular formula is C14H21NO. The summed E-state index contributed by atoms with van der Waals surface area (Å²) in [7, 11) is 0. The van der Waals surface area contributed by atoms with E-state index in [1.54, 1.807) is 0 Å². The van der Waals surface area contributed by atoms with Crippen molar-refractivity contribution in [3.63, 3.8) is 0 Å². The van der Waals surface area contributed by atoms with Crippen molar-refractivity contribution in [2.45, 2.75) is 52.1 Å². The Balaban J connectivity index is 1.90. The Bertz CT molecular complexity index is 312. The Morgan fingerprint density at radius 1 is 1.31 bits per heavy atom. The third-order valence-corrected chi connectivity index (χ3v) is 3.03. The van der Waals surface area contributed by atoms with Crippen LogP contribution in [0, 0.1) is 5.92 Å².